The monoisotopic (exact) mass is 436 g/mol. The molecule has 1 unspecified atom stereocenters. The van der Waals surface area contributed by atoms with Crippen LogP contribution < -0.4 is 10.1 Å². The third kappa shape index (κ3) is 5.13. The van der Waals surface area contributed by atoms with E-state index in [1.54, 1.807) is 11.3 Å². The first kappa shape index (κ1) is 20.6. The Morgan fingerprint density at radius 2 is 1.84 bits per heavy atom. The van der Waals surface area contributed by atoms with Gasteiger partial charge in [0.05, 0.1) is 16.8 Å². The van der Waals surface area contributed by atoms with Crippen molar-refractivity contribution in [2.75, 3.05) is 45.8 Å². The Balaban J connectivity index is 1.10. The summed E-state index contributed by atoms with van der Waals surface area (Å²) in [5.41, 5.74) is 2.25. The number of nitrogens with one attached hydrogen (secondary N) is 1. The van der Waals surface area contributed by atoms with Crippen molar-refractivity contribution in [2.24, 2.45) is 5.92 Å². The second kappa shape index (κ2) is 9.44. The molecule has 7 heteroatoms. The Hall–Kier alpha value is -2.32. The van der Waals surface area contributed by atoms with Gasteiger partial charge < -0.3 is 10.1 Å². The van der Waals surface area contributed by atoms with Crippen LogP contribution in [0.1, 0.15) is 12.0 Å². The SMILES string of the molecule is O=C(CN1CCN(Cc2ccc(Oc3nc4ccccc4s3)cc2)CC1)C1CCNC1. The number of Topliss-reactive ketones (excluding diaryl/α,β-unsaturated/α-hetero) is 1. The third-order valence-corrected chi connectivity index (χ3v) is 7.08. The van der Waals surface area contributed by atoms with Crippen molar-refractivity contribution in [3.63, 3.8) is 0 Å². The lowest BCUT2D eigenvalue weighted by atomic mass is 10.0. The number of carbonyl (C=O) groups is 1. The van der Waals surface area contributed by atoms with Gasteiger partial charge in [-0.15, -0.1) is 0 Å². The van der Waals surface area contributed by atoms with E-state index in [0.29, 0.717) is 17.5 Å². The number of thiazole rings is 1. The van der Waals surface area contributed by atoms with Crippen molar-refractivity contribution in [3.8, 4) is 10.9 Å². The number of piperazine rings is 1. The summed E-state index contributed by atoms with van der Waals surface area (Å²) in [6, 6.07) is 16.4. The number of nitrogens with zero attached hydrogens (tertiary/aromatic N) is 3. The van der Waals surface area contributed by atoms with E-state index in [0.717, 1.165) is 68.2 Å². The fourth-order valence-corrected chi connectivity index (χ4v) is 5.14. The molecule has 6 nitrogen and oxygen atoms in total. The van der Waals surface area contributed by atoms with Crippen molar-refractivity contribution in [2.45, 2.75) is 13.0 Å². The molecule has 1 aromatic heterocycles. The molecule has 2 aliphatic heterocycles. The van der Waals surface area contributed by atoms with Gasteiger partial charge in [-0.25, -0.2) is 4.98 Å². The van der Waals surface area contributed by atoms with Gasteiger partial charge in [0.15, 0.2) is 5.78 Å². The molecule has 162 valence electrons. The molecular formula is C24H28N4O2S. The maximum absolute atomic E-state index is 12.4. The number of ether oxygens (including phenoxy) is 1. The summed E-state index contributed by atoms with van der Waals surface area (Å²) in [5, 5.41) is 3.96. The van der Waals surface area contributed by atoms with Gasteiger partial charge in [0.2, 0.25) is 0 Å². The van der Waals surface area contributed by atoms with Gasteiger partial charge in [-0.05, 0) is 42.8 Å². The van der Waals surface area contributed by atoms with E-state index >= 15 is 0 Å². The minimum atomic E-state index is 0.224. The number of para-hydroxylation sites is 1. The molecule has 2 saturated heterocycles. The number of hydrogen-bond acceptors (Lipinski definition) is 7. The zero-order valence-corrected chi connectivity index (χ0v) is 18.4. The first-order valence-corrected chi connectivity index (χ1v) is 11.8. The van der Waals surface area contributed by atoms with Crippen molar-refractivity contribution in [1.82, 2.24) is 20.1 Å². The van der Waals surface area contributed by atoms with Crippen LogP contribution in [0.15, 0.2) is 48.5 Å². The average Bonchev–Trinajstić information content (AvgIpc) is 3.46. The number of hydrogen-bond donors (Lipinski definition) is 1. The second-order valence-electron chi connectivity index (χ2n) is 8.40. The standard InChI is InChI=1S/C24H28N4O2S/c29-22(19-9-10-25-15-19)17-28-13-11-27(12-14-28)16-18-5-7-20(8-6-18)30-24-26-21-3-1-2-4-23(21)31-24/h1-8,19,25H,9-17H2. The Kier molecular flexibility index (Phi) is 6.27. The van der Waals surface area contributed by atoms with Crippen LogP contribution in [0.25, 0.3) is 10.2 Å². The lowest BCUT2D eigenvalue weighted by Crippen LogP contribution is -2.48. The highest BCUT2D eigenvalue weighted by Gasteiger charge is 2.25. The number of aromatic nitrogens is 1. The molecule has 0 spiro atoms. The summed E-state index contributed by atoms with van der Waals surface area (Å²) in [7, 11) is 0. The molecule has 0 radical (unpaired) electrons. The summed E-state index contributed by atoms with van der Waals surface area (Å²) in [4.78, 5) is 21.7. The Bertz CT molecular complexity index is 988. The number of fused-ring (bicyclic) bond motifs is 1. The van der Waals surface area contributed by atoms with E-state index in [4.69, 9.17) is 4.74 Å². The first-order chi connectivity index (χ1) is 15.2. The summed E-state index contributed by atoms with van der Waals surface area (Å²) in [6.45, 7) is 7.30. The Morgan fingerprint density at radius 1 is 1.06 bits per heavy atom. The molecule has 1 N–H and O–H groups in total. The predicted octanol–water partition coefficient (Wildman–Crippen LogP) is 3.38. The third-order valence-electron chi connectivity index (χ3n) is 6.17. The quantitative estimate of drug-likeness (QED) is 0.613. The van der Waals surface area contributed by atoms with Gasteiger partial charge >= 0.3 is 0 Å². The summed E-state index contributed by atoms with van der Waals surface area (Å²) in [5.74, 6) is 1.44. The minimum absolute atomic E-state index is 0.224. The molecule has 1 atom stereocenters. The zero-order chi connectivity index (χ0) is 21.0. The lowest BCUT2D eigenvalue weighted by Gasteiger charge is -2.34. The van der Waals surface area contributed by atoms with E-state index < -0.39 is 0 Å². The van der Waals surface area contributed by atoms with E-state index in [9.17, 15) is 4.79 Å². The molecule has 5 rings (SSSR count). The van der Waals surface area contributed by atoms with Crippen molar-refractivity contribution in [1.29, 1.82) is 0 Å². The predicted molar refractivity (Wildman–Crippen MR) is 124 cm³/mol. The fraction of sp³-hybridized carbons (Fsp3) is 0.417. The highest BCUT2D eigenvalue weighted by atomic mass is 32.1. The van der Waals surface area contributed by atoms with E-state index in [1.807, 2.05) is 30.3 Å². The highest BCUT2D eigenvalue weighted by molar-refractivity contribution is 7.20. The molecular weight excluding hydrogens is 408 g/mol. The van der Waals surface area contributed by atoms with Gasteiger partial charge in [0.1, 0.15) is 5.75 Å². The molecule has 31 heavy (non-hydrogen) atoms. The maximum atomic E-state index is 12.4. The molecule has 3 aromatic rings. The molecule has 0 amide bonds. The van der Waals surface area contributed by atoms with Crippen LogP contribution in [-0.2, 0) is 11.3 Å². The number of benzene rings is 2. The molecule has 2 aromatic carbocycles. The molecule has 2 fully saturated rings. The number of carbonyl (C=O) groups excluding carboxylic acids is 1. The smallest absolute Gasteiger partial charge is 0.279 e. The van der Waals surface area contributed by atoms with Crippen LogP contribution in [-0.4, -0.2) is 66.4 Å². The van der Waals surface area contributed by atoms with Crippen LogP contribution >= 0.6 is 11.3 Å². The van der Waals surface area contributed by atoms with E-state index in [2.05, 4.69) is 38.3 Å². The van der Waals surface area contributed by atoms with Crippen molar-refractivity contribution < 1.29 is 9.53 Å². The minimum Gasteiger partial charge on any atom is -0.431 e. The second-order valence-corrected chi connectivity index (χ2v) is 9.40. The largest absolute Gasteiger partial charge is 0.431 e. The van der Waals surface area contributed by atoms with Gasteiger partial charge in [-0.1, -0.05) is 35.6 Å². The van der Waals surface area contributed by atoms with Crippen LogP contribution in [0.2, 0.25) is 0 Å². The van der Waals surface area contributed by atoms with Gasteiger partial charge in [-0.2, -0.15) is 0 Å². The summed E-state index contributed by atoms with van der Waals surface area (Å²) < 4.78 is 7.09. The summed E-state index contributed by atoms with van der Waals surface area (Å²) in [6.07, 6.45) is 0.997. The molecule has 0 saturated carbocycles. The molecule has 3 heterocycles. The number of ketones is 1. The number of rotatable bonds is 7. The van der Waals surface area contributed by atoms with Gasteiger partial charge in [-0.3, -0.25) is 14.6 Å². The normalized spacial score (nSPS) is 20.3. The van der Waals surface area contributed by atoms with Crippen molar-refractivity contribution >= 4 is 27.3 Å². The highest BCUT2D eigenvalue weighted by Crippen LogP contribution is 2.31. The first-order valence-electron chi connectivity index (χ1n) is 11.0. The zero-order valence-electron chi connectivity index (χ0n) is 17.6. The Labute approximate surface area is 186 Å². The molecule has 0 bridgehead atoms. The van der Waals surface area contributed by atoms with Crippen molar-refractivity contribution in [3.05, 3.63) is 54.1 Å². The fourth-order valence-electron chi connectivity index (χ4n) is 4.30. The topological polar surface area (TPSA) is 57.7 Å². The van der Waals surface area contributed by atoms with E-state index in [1.165, 1.54) is 5.56 Å². The van der Waals surface area contributed by atoms with Gasteiger partial charge in [0.25, 0.3) is 5.19 Å². The van der Waals surface area contributed by atoms with Gasteiger partial charge in [0, 0.05) is 45.2 Å². The molecule has 0 aliphatic carbocycles. The van der Waals surface area contributed by atoms with Crippen LogP contribution in [0, 0.1) is 5.92 Å². The lowest BCUT2D eigenvalue weighted by molar-refractivity contribution is -0.123. The average molecular weight is 437 g/mol. The molecule has 2 aliphatic rings. The summed E-state index contributed by atoms with van der Waals surface area (Å²) >= 11 is 1.56. The maximum Gasteiger partial charge on any atom is 0.279 e. The van der Waals surface area contributed by atoms with Crippen LogP contribution in [0.3, 0.4) is 0 Å². The Morgan fingerprint density at radius 3 is 2.58 bits per heavy atom. The van der Waals surface area contributed by atoms with Crippen LogP contribution in [0.5, 0.6) is 10.9 Å². The van der Waals surface area contributed by atoms with E-state index in [-0.39, 0.29) is 5.92 Å². The van der Waals surface area contributed by atoms with Crippen LogP contribution in [0.4, 0.5) is 0 Å².